The average Bonchev–Trinajstić information content (AvgIpc) is 2.01. The predicted molar refractivity (Wildman–Crippen MR) is 50.0 cm³/mol. The number of hydrogen-bond donors (Lipinski definition) is 1. The van der Waals surface area contributed by atoms with Gasteiger partial charge < -0.3 is 5.11 Å². The van der Waals surface area contributed by atoms with Crippen molar-refractivity contribution in [3.05, 3.63) is 12.7 Å². The van der Waals surface area contributed by atoms with E-state index in [0.29, 0.717) is 5.88 Å². The summed E-state index contributed by atoms with van der Waals surface area (Å²) in [5.74, 6) is 0.651. The molecule has 2 heteroatoms. The lowest BCUT2D eigenvalue weighted by molar-refractivity contribution is 0.151. The van der Waals surface area contributed by atoms with E-state index < -0.39 is 0 Å². The molecule has 0 radical (unpaired) electrons. The molecule has 11 heavy (non-hydrogen) atoms. The fourth-order valence-corrected chi connectivity index (χ4v) is 1.11. The smallest absolute Gasteiger partial charge is 0.0540 e. The summed E-state index contributed by atoms with van der Waals surface area (Å²) in [6.45, 7) is 3.62. The molecule has 66 valence electrons. The lowest BCUT2D eigenvalue weighted by atomic mass is 10.1. The van der Waals surface area contributed by atoms with Crippen LogP contribution in [0.4, 0.5) is 0 Å². The van der Waals surface area contributed by atoms with Crippen molar-refractivity contribution in [2.75, 3.05) is 5.88 Å². The van der Waals surface area contributed by atoms with E-state index >= 15 is 0 Å². The van der Waals surface area contributed by atoms with E-state index in [0.717, 1.165) is 32.1 Å². The largest absolute Gasteiger partial charge is 0.393 e. The molecule has 0 aliphatic carbocycles. The highest BCUT2D eigenvalue weighted by Crippen LogP contribution is 2.07. The molecule has 0 aromatic carbocycles. The Balaban J connectivity index is 3.08. The van der Waals surface area contributed by atoms with Crippen LogP contribution in [-0.4, -0.2) is 17.1 Å². The number of hydrogen-bond acceptors (Lipinski definition) is 1. The lowest BCUT2D eigenvalue weighted by Gasteiger charge is -2.07. The summed E-state index contributed by atoms with van der Waals surface area (Å²) in [6.07, 6.45) is 6.38. The Hall–Kier alpha value is -0.0100. The third-order valence-corrected chi connectivity index (χ3v) is 1.88. The third-order valence-electron chi connectivity index (χ3n) is 1.62. The molecule has 1 N–H and O–H groups in total. The van der Waals surface area contributed by atoms with E-state index in [-0.39, 0.29) is 6.10 Å². The number of unbranched alkanes of at least 4 members (excludes halogenated alkanes) is 1. The van der Waals surface area contributed by atoms with Crippen LogP contribution in [0, 0.1) is 0 Å². The van der Waals surface area contributed by atoms with Gasteiger partial charge in [0.25, 0.3) is 0 Å². The molecule has 0 heterocycles. The topological polar surface area (TPSA) is 20.2 Å². The number of aliphatic hydroxyl groups excluding tert-OH is 1. The summed E-state index contributed by atoms with van der Waals surface area (Å²) in [5, 5.41) is 9.31. The van der Waals surface area contributed by atoms with Crippen LogP contribution < -0.4 is 0 Å². The first kappa shape index (κ1) is 11.0. The van der Waals surface area contributed by atoms with Gasteiger partial charge in [-0.2, -0.15) is 0 Å². The van der Waals surface area contributed by atoms with Crippen LogP contribution in [0.1, 0.15) is 32.1 Å². The van der Waals surface area contributed by atoms with E-state index in [4.69, 9.17) is 11.6 Å². The van der Waals surface area contributed by atoms with E-state index in [1.807, 2.05) is 6.08 Å². The molecule has 0 spiro atoms. The molecule has 0 bridgehead atoms. The van der Waals surface area contributed by atoms with Gasteiger partial charge in [-0.25, -0.2) is 0 Å². The van der Waals surface area contributed by atoms with Crippen molar-refractivity contribution < 1.29 is 5.11 Å². The predicted octanol–water partition coefficient (Wildman–Crippen LogP) is 2.72. The first-order valence-corrected chi connectivity index (χ1v) is 4.69. The molecule has 0 saturated heterocycles. The maximum absolute atomic E-state index is 9.31. The lowest BCUT2D eigenvalue weighted by Crippen LogP contribution is -2.05. The minimum absolute atomic E-state index is 0.159. The van der Waals surface area contributed by atoms with E-state index in [1.54, 1.807) is 0 Å². The first-order valence-electron chi connectivity index (χ1n) is 4.16. The molecule has 0 aliphatic heterocycles. The number of rotatable bonds is 7. The van der Waals surface area contributed by atoms with E-state index in [9.17, 15) is 5.11 Å². The molecule has 0 aliphatic rings. The summed E-state index contributed by atoms with van der Waals surface area (Å²) in [7, 11) is 0. The molecular formula is C9H17ClO. The Kier molecular flexibility index (Phi) is 8.08. The van der Waals surface area contributed by atoms with Crippen molar-refractivity contribution in [1.82, 2.24) is 0 Å². The van der Waals surface area contributed by atoms with Gasteiger partial charge in [-0.05, 0) is 32.1 Å². The van der Waals surface area contributed by atoms with Crippen molar-refractivity contribution in [3.8, 4) is 0 Å². The Morgan fingerprint density at radius 2 is 2.00 bits per heavy atom. The summed E-state index contributed by atoms with van der Waals surface area (Å²) < 4.78 is 0. The van der Waals surface area contributed by atoms with Crippen LogP contribution in [0.15, 0.2) is 12.7 Å². The molecule has 0 saturated carbocycles. The minimum atomic E-state index is -0.159. The van der Waals surface area contributed by atoms with Gasteiger partial charge in [-0.3, -0.25) is 0 Å². The van der Waals surface area contributed by atoms with Crippen LogP contribution in [0.3, 0.4) is 0 Å². The molecule has 1 nitrogen and oxygen atoms in total. The fraction of sp³-hybridized carbons (Fsp3) is 0.778. The van der Waals surface area contributed by atoms with Crippen molar-refractivity contribution in [3.63, 3.8) is 0 Å². The van der Waals surface area contributed by atoms with Gasteiger partial charge in [-0.15, -0.1) is 18.2 Å². The molecule has 0 aromatic heterocycles. The Morgan fingerprint density at radius 1 is 1.36 bits per heavy atom. The maximum Gasteiger partial charge on any atom is 0.0540 e. The van der Waals surface area contributed by atoms with Crippen LogP contribution in [0.25, 0.3) is 0 Å². The zero-order chi connectivity index (χ0) is 8.53. The molecule has 1 atom stereocenters. The summed E-state index contributed by atoms with van der Waals surface area (Å²) in [6, 6.07) is 0. The fourth-order valence-electron chi connectivity index (χ4n) is 0.955. The van der Waals surface area contributed by atoms with Gasteiger partial charge in [0.05, 0.1) is 6.10 Å². The van der Waals surface area contributed by atoms with Gasteiger partial charge >= 0.3 is 0 Å². The second-order valence-corrected chi connectivity index (χ2v) is 3.08. The zero-order valence-electron chi connectivity index (χ0n) is 6.93. The third kappa shape index (κ3) is 7.89. The van der Waals surface area contributed by atoms with Crippen LogP contribution >= 0.6 is 11.6 Å². The van der Waals surface area contributed by atoms with Gasteiger partial charge in [0.15, 0.2) is 0 Å². The molecule has 0 aromatic rings. The number of alkyl halides is 1. The SMILES string of the molecule is C=CCCC[C@@H](O)CCCCl. The number of aliphatic hydroxyl groups is 1. The first-order chi connectivity index (χ1) is 5.31. The van der Waals surface area contributed by atoms with Crippen molar-refractivity contribution in [2.24, 2.45) is 0 Å². The zero-order valence-corrected chi connectivity index (χ0v) is 7.69. The summed E-state index contributed by atoms with van der Waals surface area (Å²) >= 11 is 5.48. The van der Waals surface area contributed by atoms with Gasteiger partial charge in [0.1, 0.15) is 0 Å². The monoisotopic (exact) mass is 176 g/mol. The van der Waals surface area contributed by atoms with E-state index in [1.165, 1.54) is 0 Å². The second-order valence-electron chi connectivity index (χ2n) is 2.70. The van der Waals surface area contributed by atoms with E-state index in [2.05, 4.69) is 6.58 Å². The molecule has 0 unspecified atom stereocenters. The Bertz CT molecular complexity index is 93.6. The molecular weight excluding hydrogens is 160 g/mol. The van der Waals surface area contributed by atoms with Gasteiger partial charge in [0, 0.05) is 5.88 Å². The number of halogens is 1. The van der Waals surface area contributed by atoms with Gasteiger partial charge in [0.2, 0.25) is 0 Å². The maximum atomic E-state index is 9.31. The normalized spacial score (nSPS) is 12.9. The van der Waals surface area contributed by atoms with Crippen molar-refractivity contribution in [1.29, 1.82) is 0 Å². The van der Waals surface area contributed by atoms with Crippen LogP contribution in [0.5, 0.6) is 0 Å². The molecule has 0 rings (SSSR count). The highest BCUT2D eigenvalue weighted by molar-refractivity contribution is 6.17. The van der Waals surface area contributed by atoms with Gasteiger partial charge in [-0.1, -0.05) is 6.08 Å². The Morgan fingerprint density at radius 3 is 2.55 bits per heavy atom. The van der Waals surface area contributed by atoms with Crippen molar-refractivity contribution in [2.45, 2.75) is 38.2 Å². The van der Waals surface area contributed by atoms with Crippen LogP contribution in [-0.2, 0) is 0 Å². The average molecular weight is 177 g/mol. The summed E-state index contributed by atoms with van der Waals surface area (Å²) in [4.78, 5) is 0. The minimum Gasteiger partial charge on any atom is -0.393 e. The number of allylic oxidation sites excluding steroid dienone is 1. The molecule has 0 fully saturated rings. The molecule has 0 amide bonds. The quantitative estimate of drug-likeness (QED) is 0.359. The van der Waals surface area contributed by atoms with Crippen molar-refractivity contribution >= 4 is 11.6 Å². The summed E-state index contributed by atoms with van der Waals surface area (Å²) in [5.41, 5.74) is 0. The highest BCUT2D eigenvalue weighted by Gasteiger charge is 2.01. The standard InChI is InChI=1S/C9H17ClO/c1-2-3-4-6-9(11)7-5-8-10/h2,9,11H,1,3-8H2/t9-/m1/s1. The van der Waals surface area contributed by atoms with Crippen LogP contribution in [0.2, 0.25) is 0 Å². The Labute approximate surface area is 74.1 Å². The second kappa shape index (κ2) is 8.09. The highest BCUT2D eigenvalue weighted by atomic mass is 35.5.